The van der Waals surface area contributed by atoms with Gasteiger partial charge in [0.2, 0.25) is 0 Å². The lowest BCUT2D eigenvalue weighted by Crippen LogP contribution is -2.56. The van der Waals surface area contributed by atoms with Gasteiger partial charge in [0.05, 0.1) is 16.0 Å². The second-order valence-corrected chi connectivity index (χ2v) is 12.5. The molecule has 1 heterocycles. The second-order valence-electron chi connectivity index (χ2n) is 10.9. The van der Waals surface area contributed by atoms with Gasteiger partial charge in [-0.1, -0.05) is 38.5 Å². The molecule has 172 valence electrons. The maximum atomic E-state index is 13.0. The van der Waals surface area contributed by atoms with E-state index in [0.29, 0.717) is 11.7 Å². The van der Waals surface area contributed by atoms with Gasteiger partial charge >= 0.3 is 0 Å². The molecular weight excluding hydrogens is 412 g/mol. The van der Waals surface area contributed by atoms with Gasteiger partial charge in [-0.25, -0.2) is 18.5 Å². The standard InChI is InChI=1S/C22H36N6O2S/c1-16-8-10-18(11-9-16)31(29,30)27-24-22(14-12-17(13-15-22)20(2,3)4)19-23-25-26-28(19)21(5,6)7/h8-11,17,24,27H,12-15H2,1-7H3. The highest BCUT2D eigenvalue weighted by Gasteiger charge is 2.45. The number of hydrazine groups is 1. The highest BCUT2D eigenvalue weighted by atomic mass is 32.2. The monoisotopic (exact) mass is 448 g/mol. The van der Waals surface area contributed by atoms with Crippen molar-refractivity contribution in [1.82, 2.24) is 30.5 Å². The lowest BCUT2D eigenvalue weighted by atomic mass is 9.67. The molecular formula is C22H36N6O2S. The SMILES string of the molecule is Cc1ccc(S(=O)(=O)NNC2(c3nnnn3C(C)(C)C)CCC(C(C)(C)C)CC2)cc1. The minimum atomic E-state index is -3.73. The number of benzene rings is 1. The van der Waals surface area contributed by atoms with Gasteiger partial charge in [0.15, 0.2) is 5.82 Å². The summed E-state index contributed by atoms with van der Waals surface area (Å²) >= 11 is 0. The van der Waals surface area contributed by atoms with Crippen LogP contribution >= 0.6 is 0 Å². The van der Waals surface area contributed by atoms with Crippen molar-refractivity contribution in [2.24, 2.45) is 11.3 Å². The summed E-state index contributed by atoms with van der Waals surface area (Å²) in [4.78, 5) is 2.86. The molecule has 0 atom stereocenters. The summed E-state index contributed by atoms with van der Waals surface area (Å²) in [6, 6.07) is 6.81. The van der Waals surface area contributed by atoms with Crippen molar-refractivity contribution in [3.8, 4) is 0 Å². The van der Waals surface area contributed by atoms with Gasteiger partial charge in [-0.2, -0.15) is 0 Å². The summed E-state index contributed by atoms with van der Waals surface area (Å²) < 4.78 is 27.7. The van der Waals surface area contributed by atoms with Crippen LogP contribution in [-0.2, 0) is 21.1 Å². The lowest BCUT2D eigenvalue weighted by Gasteiger charge is -2.44. The number of hydrogen-bond donors (Lipinski definition) is 2. The third kappa shape index (κ3) is 5.15. The van der Waals surface area contributed by atoms with Crippen molar-refractivity contribution in [3.63, 3.8) is 0 Å². The summed E-state index contributed by atoms with van der Waals surface area (Å²) in [6.45, 7) is 14.8. The molecule has 2 N–H and O–H groups in total. The molecule has 1 aliphatic rings. The summed E-state index contributed by atoms with van der Waals surface area (Å²) in [5.74, 6) is 1.22. The average Bonchev–Trinajstić information content (AvgIpc) is 3.18. The number of nitrogens with one attached hydrogen (secondary N) is 2. The van der Waals surface area contributed by atoms with Gasteiger partial charge in [0.25, 0.3) is 10.0 Å². The first-order chi connectivity index (χ1) is 14.2. The molecule has 0 bridgehead atoms. The van der Waals surface area contributed by atoms with Crippen molar-refractivity contribution < 1.29 is 8.42 Å². The number of sulfonamides is 1. The van der Waals surface area contributed by atoms with Crippen LogP contribution in [-0.4, -0.2) is 28.6 Å². The summed E-state index contributed by atoms with van der Waals surface area (Å²) in [6.07, 6.45) is 3.39. The summed E-state index contributed by atoms with van der Waals surface area (Å²) in [5, 5.41) is 12.5. The largest absolute Gasteiger partial charge is 0.253 e. The van der Waals surface area contributed by atoms with E-state index in [1.165, 1.54) is 0 Å². The van der Waals surface area contributed by atoms with Crippen molar-refractivity contribution in [1.29, 1.82) is 0 Å². The summed E-state index contributed by atoms with van der Waals surface area (Å²) in [7, 11) is -3.73. The van der Waals surface area contributed by atoms with Crippen LogP contribution in [0.15, 0.2) is 29.2 Å². The van der Waals surface area contributed by atoms with E-state index in [0.717, 1.165) is 31.2 Å². The lowest BCUT2D eigenvalue weighted by molar-refractivity contribution is 0.0969. The molecule has 31 heavy (non-hydrogen) atoms. The Morgan fingerprint density at radius 1 is 1.03 bits per heavy atom. The first kappa shape index (κ1) is 23.8. The highest BCUT2D eigenvalue weighted by molar-refractivity contribution is 7.89. The molecule has 2 aromatic rings. The number of rotatable bonds is 5. The van der Waals surface area contributed by atoms with Crippen LogP contribution in [0.25, 0.3) is 0 Å². The van der Waals surface area contributed by atoms with E-state index in [-0.39, 0.29) is 15.8 Å². The Bertz CT molecular complexity index is 992. The van der Waals surface area contributed by atoms with E-state index in [1.807, 2.05) is 27.7 Å². The fraction of sp³-hybridized carbons (Fsp3) is 0.682. The first-order valence-corrected chi connectivity index (χ1v) is 12.4. The van der Waals surface area contributed by atoms with Crippen molar-refractivity contribution in [2.75, 3.05) is 0 Å². The van der Waals surface area contributed by atoms with Crippen molar-refractivity contribution >= 4 is 10.0 Å². The second kappa shape index (κ2) is 8.26. The molecule has 1 fully saturated rings. The highest BCUT2D eigenvalue weighted by Crippen LogP contribution is 2.45. The molecule has 0 amide bonds. The van der Waals surface area contributed by atoms with Crippen LogP contribution in [0.1, 0.15) is 78.6 Å². The third-order valence-electron chi connectivity index (χ3n) is 6.35. The van der Waals surface area contributed by atoms with Gasteiger partial charge in [-0.15, -0.1) is 9.93 Å². The topological polar surface area (TPSA) is 102 Å². The van der Waals surface area contributed by atoms with E-state index in [9.17, 15) is 8.42 Å². The van der Waals surface area contributed by atoms with Gasteiger partial charge < -0.3 is 0 Å². The van der Waals surface area contributed by atoms with Gasteiger partial charge in [0, 0.05) is 0 Å². The number of aromatic nitrogens is 4. The number of nitrogens with zero attached hydrogens (tertiary/aromatic N) is 4. The van der Waals surface area contributed by atoms with Gasteiger partial charge in [-0.3, -0.25) is 0 Å². The van der Waals surface area contributed by atoms with E-state index in [1.54, 1.807) is 28.9 Å². The van der Waals surface area contributed by atoms with E-state index >= 15 is 0 Å². The zero-order valence-electron chi connectivity index (χ0n) is 19.7. The van der Waals surface area contributed by atoms with Crippen LogP contribution in [0.2, 0.25) is 0 Å². The normalized spacial score (nSPS) is 23.1. The van der Waals surface area contributed by atoms with Crippen LogP contribution < -0.4 is 10.3 Å². The van der Waals surface area contributed by atoms with E-state index in [2.05, 4.69) is 46.6 Å². The Morgan fingerprint density at radius 3 is 2.13 bits per heavy atom. The molecule has 1 aromatic carbocycles. The Balaban J connectivity index is 1.93. The Labute approximate surface area is 186 Å². The average molecular weight is 449 g/mol. The predicted molar refractivity (Wildman–Crippen MR) is 121 cm³/mol. The Hall–Kier alpha value is -1.84. The smallest absolute Gasteiger partial charge is 0.230 e. The number of tetrazole rings is 1. The molecule has 3 rings (SSSR count). The summed E-state index contributed by atoms with van der Waals surface area (Å²) in [5.41, 5.74) is 3.37. The predicted octanol–water partition coefficient (Wildman–Crippen LogP) is 3.65. The molecule has 1 saturated carbocycles. The van der Waals surface area contributed by atoms with Gasteiger partial charge in [0.1, 0.15) is 0 Å². The zero-order chi connectivity index (χ0) is 23.1. The third-order valence-corrected chi connectivity index (χ3v) is 7.62. The number of hydrogen-bond acceptors (Lipinski definition) is 6. The molecule has 0 radical (unpaired) electrons. The fourth-order valence-corrected chi connectivity index (χ4v) is 5.20. The van der Waals surface area contributed by atoms with Crippen LogP contribution in [0.5, 0.6) is 0 Å². The molecule has 0 unspecified atom stereocenters. The molecule has 1 aromatic heterocycles. The van der Waals surface area contributed by atoms with Gasteiger partial charge in [-0.05, 0) is 87.3 Å². The quantitative estimate of drug-likeness (QED) is 0.677. The maximum absolute atomic E-state index is 13.0. The molecule has 0 aliphatic heterocycles. The first-order valence-electron chi connectivity index (χ1n) is 10.9. The number of aryl methyl sites for hydroxylation is 1. The molecule has 0 spiro atoms. The minimum Gasteiger partial charge on any atom is -0.230 e. The Kier molecular flexibility index (Phi) is 6.34. The van der Waals surface area contributed by atoms with Crippen LogP contribution in [0.4, 0.5) is 0 Å². The van der Waals surface area contributed by atoms with Crippen molar-refractivity contribution in [3.05, 3.63) is 35.7 Å². The molecule has 8 nitrogen and oxygen atoms in total. The molecule has 0 saturated heterocycles. The minimum absolute atomic E-state index is 0.198. The zero-order valence-corrected chi connectivity index (χ0v) is 20.5. The van der Waals surface area contributed by atoms with E-state index < -0.39 is 15.6 Å². The Morgan fingerprint density at radius 2 is 1.61 bits per heavy atom. The molecule has 9 heteroatoms. The maximum Gasteiger partial charge on any atom is 0.253 e. The van der Waals surface area contributed by atoms with Crippen LogP contribution in [0, 0.1) is 18.3 Å². The fourth-order valence-electron chi connectivity index (χ4n) is 4.26. The van der Waals surface area contributed by atoms with E-state index in [4.69, 9.17) is 0 Å². The van der Waals surface area contributed by atoms with Crippen LogP contribution in [0.3, 0.4) is 0 Å². The molecule has 1 aliphatic carbocycles. The van der Waals surface area contributed by atoms with Crippen molar-refractivity contribution in [2.45, 2.75) is 90.1 Å².